The van der Waals surface area contributed by atoms with Crippen LogP contribution in [-0.4, -0.2) is 38.9 Å². The average molecular weight is 558 g/mol. The van der Waals surface area contributed by atoms with Crippen molar-refractivity contribution >= 4 is 29.4 Å². The van der Waals surface area contributed by atoms with Gasteiger partial charge in [-0.25, -0.2) is 9.07 Å². The van der Waals surface area contributed by atoms with Gasteiger partial charge >= 0.3 is 0 Å². The molecule has 2 aromatic carbocycles. The molecule has 0 radical (unpaired) electrons. The Morgan fingerprint density at radius 2 is 1.90 bits per heavy atom. The highest BCUT2D eigenvalue weighted by Crippen LogP contribution is 2.48. The number of nitrogens with one attached hydrogen (secondary N) is 1. The lowest BCUT2D eigenvalue weighted by Gasteiger charge is -2.24. The topological polar surface area (TPSA) is 80.1 Å². The first-order chi connectivity index (χ1) is 19.1. The second-order valence-corrected chi connectivity index (χ2v) is 12.0. The van der Waals surface area contributed by atoms with E-state index in [1.54, 1.807) is 34.1 Å². The van der Waals surface area contributed by atoms with Crippen LogP contribution in [0, 0.1) is 12.7 Å². The minimum atomic E-state index is -0.375. The molecule has 2 amide bonds. The van der Waals surface area contributed by atoms with Crippen LogP contribution in [0.2, 0.25) is 0 Å². The first-order valence-corrected chi connectivity index (χ1v) is 14.2. The Hall–Kier alpha value is -3.98. The van der Waals surface area contributed by atoms with E-state index >= 15 is 0 Å². The SMILES string of the molecule is Cc1cccc(-n2nc(C(C)(C)C)c3c2N(CC(=O)NCc2cccnc2)C(=O)CS[C@H]3c2ccc(F)cc2)c1. The summed E-state index contributed by atoms with van der Waals surface area (Å²) in [5, 5.41) is 7.73. The number of rotatable bonds is 6. The molecule has 2 aromatic heterocycles. The van der Waals surface area contributed by atoms with Crippen molar-refractivity contribution in [3.63, 3.8) is 0 Å². The number of aryl methyl sites for hydroxylation is 1. The Labute approximate surface area is 237 Å². The zero-order chi connectivity index (χ0) is 28.4. The maximum Gasteiger partial charge on any atom is 0.240 e. The molecule has 1 aliphatic heterocycles. The molecule has 0 unspecified atom stereocenters. The molecule has 1 atom stereocenters. The molecule has 0 aliphatic carbocycles. The van der Waals surface area contributed by atoms with Gasteiger partial charge in [-0.1, -0.05) is 51.1 Å². The molecule has 1 N–H and O–H groups in total. The molecule has 0 fully saturated rings. The van der Waals surface area contributed by atoms with Gasteiger partial charge in [-0.05, 0) is 53.9 Å². The smallest absolute Gasteiger partial charge is 0.240 e. The summed E-state index contributed by atoms with van der Waals surface area (Å²) in [7, 11) is 0. The second-order valence-electron chi connectivity index (χ2n) is 10.9. The van der Waals surface area contributed by atoms with E-state index in [0.29, 0.717) is 12.4 Å². The lowest BCUT2D eigenvalue weighted by molar-refractivity contribution is -0.123. The molecule has 206 valence electrons. The quantitative estimate of drug-likeness (QED) is 0.339. The largest absolute Gasteiger partial charge is 0.350 e. The highest BCUT2D eigenvalue weighted by Gasteiger charge is 2.39. The van der Waals surface area contributed by atoms with Crippen molar-refractivity contribution in [1.29, 1.82) is 0 Å². The van der Waals surface area contributed by atoms with Crippen LogP contribution in [0.5, 0.6) is 0 Å². The van der Waals surface area contributed by atoms with Crippen LogP contribution >= 0.6 is 11.8 Å². The zero-order valence-electron chi connectivity index (χ0n) is 23.0. The molecule has 3 heterocycles. The maximum atomic E-state index is 13.9. The molecular weight excluding hydrogens is 525 g/mol. The number of nitrogens with zero attached hydrogens (tertiary/aromatic N) is 4. The fourth-order valence-corrected chi connectivity index (χ4v) is 6.01. The van der Waals surface area contributed by atoms with Crippen LogP contribution < -0.4 is 10.2 Å². The van der Waals surface area contributed by atoms with Crippen molar-refractivity contribution in [2.24, 2.45) is 0 Å². The number of benzene rings is 2. The number of hydrogen-bond acceptors (Lipinski definition) is 5. The number of carbonyl (C=O) groups excluding carboxylic acids is 2. The van der Waals surface area contributed by atoms with Crippen LogP contribution in [0.4, 0.5) is 10.2 Å². The third-order valence-electron chi connectivity index (χ3n) is 6.73. The van der Waals surface area contributed by atoms with Gasteiger partial charge in [0.15, 0.2) is 0 Å². The van der Waals surface area contributed by atoms with Gasteiger partial charge < -0.3 is 5.32 Å². The molecule has 7 nitrogen and oxygen atoms in total. The first kappa shape index (κ1) is 27.6. The summed E-state index contributed by atoms with van der Waals surface area (Å²) >= 11 is 1.47. The van der Waals surface area contributed by atoms with Crippen molar-refractivity contribution in [3.8, 4) is 5.69 Å². The highest BCUT2D eigenvalue weighted by molar-refractivity contribution is 8.00. The third kappa shape index (κ3) is 5.79. The number of anilines is 1. The van der Waals surface area contributed by atoms with E-state index in [4.69, 9.17) is 5.10 Å². The van der Waals surface area contributed by atoms with Gasteiger partial charge in [-0.15, -0.1) is 11.8 Å². The Bertz CT molecular complexity index is 1530. The van der Waals surface area contributed by atoms with Crippen LogP contribution in [-0.2, 0) is 21.5 Å². The molecule has 0 saturated heterocycles. The van der Waals surface area contributed by atoms with Crippen molar-refractivity contribution < 1.29 is 14.0 Å². The van der Waals surface area contributed by atoms with Gasteiger partial charge in [0.2, 0.25) is 11.8 Å². The van der Waals surface area contributed by atoms with E-state index < -0.39 is 0 Å². The highest BCUT2D eigenvalue weighted by atomic mass is 32.2. The monoisotopic (exact) mass is 557 g/mol. The first-order valence-electron chi connectivity index (χ1n) is 13.2. The Morgan fingerprint density at radius 1 is 1.12 bits per heavy atom. The maximum absolute atomic E-state index is 13.9. The number of amides is 2. The van der Waals surface area contributed by atoms with Gasteiger partial charge in [0.25, 0.3) is 0 Å². The van der Waals surface area contributed by atoms with Gasteiger partial charge in [0.1, 0.15) is 18.2 Å². The second kappa shape index (κ2) is 11.3. The van der Waals surface area contributed by atoms with Crippen LogP contribution in [0.3, 0.4) is 0 Å². The fourth-order valence-electron chi connectivity index (χ4n) is 4.82. The normalized spacial score (nSPS) is 15.5. The summed E-state index contributed by atoms with van der Waals surface area (Å²) in [4.78, 5) is 32.6. The Kier molecular flexibility index (Phi) is 7.76. The lowest BCUT2D eigenvalue weighted by atomic mass is 9.87. The molecular formula is C31H32FN5O2S. The summed E-state index contributed by atoms with van der Waals surface area (Å²) in [6.45, 7) is 8.39. The zero-order valence-corrected chi connectivity index (χ0v) is 23.8. The molecule has 40 heavy (non-hydrogen) atoms. The van der Waals surface area contributed by atoms with Crippen LogP contribution in [0.15, 0.2) is 73.1 Å². The summed E-state index contributed by atoms with van der Waals surface area (Å²) in [5.74, 6) is -0.0814. The third-order valence-corrected chi connectivity index (χ3v) is 7.99. The number of aromatic nitrogens is 3. The summed E-state index contributed by atoms with van der Waals surface area (Å²) < 4.78 is 15.7. The summed E-state index contributed by atoms with van der Waals surface area (Å²) in [5.41, 5.74) is 4.88. The minimum Gasteiger partial charge on any atom is -0.350 e. The molecule has 0 saturated carbocycles. The standard InChI is InChI=1S/C31H32FN5O2S/c1-20-7-5-9-24(15-20)37-30-27(29(35-37)31(2,3)4)28(22-10-12-23(32)13-11-22)40-19-26(39)36(30)18-25(38)34-17-21-8-6-14-33-16-21/h5-16,28H,17-19H2,1-4H3,(H,34,38)/t28-/m0/s1. The van der Waals surface area contributed by atoms with Crippen molar-refractivity contribution in [3.05, 3.63) is 107 Å². The molecule has 5 rings (SSSR count). The van der Waals surface area contributed by atoms with E-state index in [1.807, 2.05) is 43.3 Å². The van der Waals surface area contributed by atoms with E-state index in [0.717, 1.165) is 33.6 Å². The Morgan fingerprint density at radius 3 is 2.58 bits per heavy atom. The number of fused-ring (bicyclic) bond motifs is 1. The summed E-state index contributed by atoms with van der Waals surface area (Å²) in [6.07, 6.45) is 3.37. The van der Waals surface area contributed by atoms with Crippen molar-refractivity contribution in [1.82, 2.24) is 20.1 Å². The number of carbonyl (C=O) groups is 2. The number of hydrogen-bond donors (Lipinski definition) is 1. The van der Waals surface area contributed by atoms with E-state index in [-0.39, 0.29) is 40.6 Å². The minimum absolute atomic E-state index is 0.157. The molecule has 0 spiro atoms. The van der Waals surface area contributed by atoms with Crippen molar-refractivity contribution in [2.75, 3.05) is 17.2 Å². The lowest BCUT2D eigenvalue weighted by Crippen LogP contribution is -2.42. The van der Waals surface area contributed by atoms with E-state index in [9.17, 15) is 14.0 Å². The van der Waals surface area contributed by atoms with Gasteiger partial charge in [0, 0.05) is 29.9 Å². The number of thioether (sulfide) groups is 1. The summed E-state index contributed by atoms with van der Waals surface area (Å²) in [6, 6.07) is 18.0. The van der Waals surface area contributed by atoms with E-state index in [1.165, 1.54) is 23.9 Å². The molecule has 9 heteroatoms. The predicted octanol–water partition coefficient (Wildman–Crippen LogP) is 5.50. The average Bonchev–Trinajstić information content (AvgIpc) is 3.27. The molecule has 1 aliphatic rings. The van der Waals surface area contributed by atoms with E-state index in [2.05, 4.69) is 31.1 Å². The Balaban J connectivity index is 1.65. The fraction of sp³-hybridized carbons (Fsp3) is 0.290. The number of halogens is 1. The van der Waals surface area contributed by atoms with Gasteiger partial charge in [-0.3, -0.25) is 19.5 Å². The number of pyridine rings is 1. The van der Waals surface area contributed by atoms with Crippen LogP contribution in [0.1, 0.15) is 54.0 Å². The molecule has 4 aromatic rings. The van der Waals surface area contributed by atoms with Gasteiger partial charge in [0.05, 0.1) is 22.4 Å². The predicted molar refractivity (Wildman–Crippen MR) is 156 cm³/mol. The van der Waals surface area contributed by atoms with Gasteiger partial charge in [-0.2, -0.15) is 5.10 Å². The molecule has 0 bridgehead atoms. The van der Waals surface area contributed by atoms with Crippen LogP contribution in [0.25, 0.3) is 5.69 Å². The van der Waals surface area contributed by atoms with Crippen molar-refractivity contribution in [2.45, 2.75) is 44.9 Å².